The van der Waals surface area contributed by atoms with Crippen molar-refractivity contribution >= 4 is 30.7 Å². The molecule has 1 amide bonds. The Kier molecular flexibility index (Phi) is 6.77. The van der Waals surface area contributed by atoms with Crippen LogP contribution in [0.15, 0.2) is 0 Å². The Bertz CT molecular complexity index is 259. The van der Waals surface area contributed by atoms with Crippen LogP contribution in [-0.2, 0) is 4.79 Å². The molecule has 2 rings (SSSR count). The zero-order chi connectivity index (χ0) is 10.9. The number of carbonyl (C=O) groups is 1. The topological polar surface area (TPSA) is 58.4 Å². The molecule has 0 bridgehead atoms. The smallest absolute Gasteiger partial charge is 0.240 e. The van der Waals surface area contributed by atoms with Crippen LogP contribution in [0.5, 0.6) is 0 Å². The first-order chi connectivity index (χ1) is 7.10. The summed E-state index contributed by atoms with van der Waals surface area (Å²) in [6, 6.07) is 0. The van der Waals surface area contributed by atoms with Gasteiger partial charge in [-0.25, -0.2) is 0 Å². The van der Waals surface area contributed by atoms with Crippen LogP contribution in [0.1, 0.15) is 25.7 Å². The maximum atomic E-state index is 11.7. The van der Waals surface area contributed by atoms with E-state index >= 15 is 0 Å². The minimum absolute atomic E-state index is 0. The molecular weight excluding hydrogens is 261 g/mol. The zero-order valence-corrected chi connectivity index (χ0v) is 11.9. The molecule has 0 aromatic rings. The average Bonchev–Trinajstić information content (AvgIpc) is 2.57. The van der Waals surface area contributed by atoms with Crippen molar-refractivity contribution < 1.29 is 4.79 Å². The van der Waals surface area contributed by atoms with E-state index in [2.05, 4.69) is 17.3 Å². The predicted molar refractivity (Wildman–Crippen MR) is 73.9 cm³/mol. The second-order valence-electron chi connectivity index (χ2n) is 5.14. The summed E-state index contributed by atoms with van der Waals surface area (Å²) in [6.07, 6.45) is 3.98. The zero-order valence-electron chi connectivity index (χ0n) is 10.3. The molecule has 1 heterocycles. The van der Waals surface area contributed by atoms with Gasteiger partial charge in [0.25, 0.3) is 0 Å². The third-order valence-electron chi connectivity index (χ3n) is 3.74. The fraction of sp³-hybridized carbons (Fsp3) is 0.909. The maximum Gasteiger partial charge on any atom is 0.240 e. The second kappa shape index (κ2) is 6.78. The van der Waals surface area contributed by atoms with Gasteiger partial charge in [0.1, 0.15) is 0 Å². The van der Waals surface area contributed by atoms with Crippen LogP contribution in [0.2, 0.25) is 0 Å². The molecule has 1 aliphatic carbocycles. The molecule has 3 N–H and O–H groups in total. The lowest BCUT2D eigenvalue weighted by Gasteiger charge is -2.36. The Morgan fingerprint density at radius 2 is 2.12 bits per heavy atom. The van der Waals surface area contributed by atoms with E-state index in [9.17, 15) is 4.79 Å². The van der Waals surface area contributed by atoms with E-state index in [-0.39, 0.29) is 30.7 Å². The molecule has 17 heavy (non-hydrogen) atoms. The normalized spacial score (nSPS) is 26.4. The first kappa shape index (κ1) is 17.0. The van der Waals surface area contributed by atoms with Gasteiger partial charge in [0, 0.05) is 13.1 Å². The lowest BCUT2D eigenvalue weighted by molar-refractivity contribution is -0.129. The molecular formula is C11H23Cl2N3O. The molecule has 1 aliphatic heterocycles. The number of carbonyl (C=O) groups excluding carboxylic acids is 1. The second-order valence-corrected chi connectivity index (χ2v) is 5.14. The van der Waals surface area contributed by atoms with Gasteiger partial charge in [-0.3, -0.25) is 4.79 Å². The standard InChI is InChI=1S/C11H21N3O.2ClH/c1-14-6-3-9(8-14)7-13-10(15)11(12)4-2-5-11;;/h9H,2-8,12H2,1H3,(H,13,15);2*1H. The van der Waals surface area contributed by atoms with Gasteiger partial charge in [0.2, 0.25) is 5.91 Å². The Morgan fingerprint density at radius 1 is 1.47 bits per heavy atom. The first-order valence-electron chi connectivity index (χ1n) is 5.86. The quantitative estimate of drug-likeness (QED) is 0.805. The Balaban J connectivity index is 0.00000128. The van der Waals surface area contributed by atoms with Crippen LogP contribution in [0.25, 0.3) is 0 Å². The van der Waals surface area contributed by atoms with Gasteiger partial charge in [0.15, 0.2) is 0 Å². The van der Waals surface area contributed by atoms with Crippen LogP contribution >= 0.6 is 24.8 Å². The third kappa shape index (κ3) is 3.98. The number of hydrogen-bond acceptors (Lipinski definition) is 3. The predicted octanol–water partition coefficient (Wildman–Crippen LogP) is 0.779. The van der Waals surface area contributed by atoms with Crippen LogP contribution < -0.4 is 11.1 Å². The first-order valence-corrected chi connectivity index (χ1v) is 5.86. The fourth-order valence-corrected chi connectivity index (χ4v) is 2.39. The Morgan fingerprint density at radius 3 is 2.53 bits per heavy atom. The summed E-state index contributed by atoms with van der Waals surface area (Å²) in [4.78, 5) is 14.0. The van der Waals surface area contributed by atoms with Gasteiger partial charge < -0.3 is 16.0 Å². The summed E-state index contributed by atoms with van der Waals surface area (Å²) in [5.74, 6) is 0.672. The average molecular weight is 284 g/mol. The molecule has 4 nitrogen and oxygen atoms in total. The van der Waals surface area contributed by atoms with Crippen molar-refractivity contribution in [1.29, 1.82) is 0 Å². The summed E-state index contributed by atoms with van der Waals surface area (Å²) in [6.45, 7) is 3.04. The minimum atomic E-state index is -0.537. The Hall–Kier alpha value is -0.0300. The van der Waals surface area contributed by atoms with E-state index in [1.165, 1.54) is 6.42 Å². The van der Waals surface area contributed by atoms with Gasteiger partial charge in [0.05, 0.1) is 5.54 Å². The number of halogens is 2. The summed E-state index contributed by atoms with van der Waals surface area (Å²) < 4.78 is 0. The monoisotopic (exact) mass is 283 g/mol. The van der Waals surface area contributed by atoms with E-state index in [0.717, 1.165) is 38.9 Å². The van der Waals surface area contributed by atoms with Crippen molar-refractivity contribution in [1.82, 2.24) is 10.2 Å². The molecule has 2 aliphatic rings. The summed E-state index contributed by atoms with van der Waals surface area (Å²) >= 11 is 0. The van der Waals surface area contributed by atoms with Gasteiger partial charge >= 0.3 is 0 Å². The van der Waals surface area contributed by atoms with Crippen molar-refractivity contribution in [2.75, 3.05) is 26.7 Å². The van der Waals surface area contributed by atoms with Gasteiger partial charge in [-0.2, -0.15) is 0 Å². The number of hydrogen-bond donors (Lipinski definition) is 2. The number of rotatable bonds is 3. The summed E-state index contributed by atoms with van der Waals surface area (Å²) in [5.41, 5.74) is 5.40. The molecule has 1 saturated heterocycles. The van der Waals surface area contributed by atoms with Crippen LogP contribution in [0, 0.1) is 5.92 Å². The van der Waals surface area contributed by atoms with Crippen LogP contribution in [0.4, 0.5) is 0 Å². The summed E-state index contributed by atoms with van der Waals surface area (Å²) in [7, 11) is 2.12. The van der Waals surface area contributed by atoms with Crippen LogP contribution in [0.3, 0.4) is 0 Å². The highest BCUT2D eigenvalue weighted by atomic mass is 35.5. The van der Waals surface area contributed by atoms with Gasteiger partial charge in [-0.15, -0.1) is 24.8 Å². The number of nitrogens with one attached hydrogen (secondary N) is 1. The summed E-state index contributed by atoms with van der Waals surface area (Å²) in [5, 5.41) is 3.00. The molecule has 102 valence electrons. The van der Waals surface area contributed by atoms with Crippen molar-refractivity contribution in [3.05, 3.63) is 0 Å². The maximum absolute atomic E-state index is 11.7. The molecule has 0 radical (unpaired) electrons. The Labute approximate surface area is 115 Å². The number of nitrogens with two attached hydrogens (primary N) is 1. The molecule has 6 heteroatoms. The number of nitrogens with zero attached hydrogens (tertiary/aromatic N) is 1. The van der Waals surface area contributed by atoms with E-state index in [1.807, 2.05) is 0 Å². The van der Waals surface area contributed by atoms with E-state index in [4.69, 9.17) is 5.73 Å². The van der Waals surface area contributed by atoms with Crippen molar-refractivity contribution in [2.24, 2.45) is 11.7 Å². The highest BCUT2D eigenvalue weighted by Crippen LogP contribution is 2.29. The molecule has 0 aromatic heterocycles. The minimum Gasteiger partial charge on any atom is -0.354 e. The highest BCUT2D eigenvalue weighted by molar-refractivity contribution is 5.87. The number of likely N-dealkylation sites (tertiary alicyclic amines) is 1. The van der Waals surface area contributed by atoms with Crippen molar-refractivity contribution in [2.45, 2.75) is 31.2 Å². The molecule has 1 atom stereocenters. The molecule has 1 saturated carbocycles. The van der Waals surface area contributed by atoms with E-state index in [1.54, 1.807) is 0 Å². The third-order valence-corrected chi connectivity index (χ3v) is 3.74. The number of amides is 1. The largest absolute Gasteiger partial charge is 0.354 e. The molecule has 0 aromatic carbocycles. The van der Waals surface area contributed by atoms with Crippen LogP contribution in [-0.4, -0.2) is 43.0 Å². The highest BCUT2D eigenvalue weighted by Gasteiger charge is 2.40. The van der Waals surface area contributed by atoms with E-state index in [0.29, 0.717) is 5.92 Å². The lowest BCUT2D eigenvalue weighted by atomic mass is 9.77. The van der Waals surface area contributed by atoms with Crippen molar-refractivity contribution in [3.63, 3.8) is 0 Å². The SMILES string of the molecule is CN1CCC(CNC(=O)C2(N)CCC2)C1.Cl.Cl. The molecule has 2 fully saturated rings. The van der Waals surface area contributed by atoms with Gasteiger partial charge in [-0.05, 0) is 45.2 Å². The van der Waals surface area contributed by atoms with Crippen molar-refractivity contribution in [3.8, 4) is 0 Å². The fourth-order valence-electron chi connectivity index (χ4n) is 2.39. The lowest BCUT2D eigenvalue weighted by Crippen LogP contribution is -2.59. The molecule has 1 unspecified atom stereocenters. The van der Waals surface area contributed by atoms with Gasteiger partial charge in [-0.1, -0.05) is 0 Å². The van der Waals surface area contributed by atoms with E-state index < -0.39 is 5.54 Å². The molecule has 0 spiro atoms.